The zero-order chi connectivity index (χ0) is 20.8. The van der Waals surface area contributed by atoms with Crippen molar-refractivity contribution in [2.75, 3.05) is 0 Å². The van der Waals surface area contributed by atoms with Crippen LogP contribution in [0.4, 0.5) is 0 Å². The van der Waals surface area contributed by atoms with Crippen molar-refractivity contribution in [2.45, 2.75) is 46.6 Å². The molecule has 0 bridgehead atoms. The van der Waals surface area contributed by atoms with E-state index in [1.54, 1.807) is 6.20 Å². The third kappa shape index (κ3) is 3.79. The maximum absolute atomic E-state index is 6.43. The minimum absolute atomic E-state index is 0.142. The van der Waals surface area contributed by atoms with Gasteiger partial charge in [-0.2, -0.15) is 0 Å². The molecule has 0 unspecified atom stereocenters. The second kappa shape index (κ2) is 7.31. The molecule has 0 aliphatic heterocycles. The van der Waals surface area contributed by atoms with Gasteiger partial charge in [0.05, 0.1) is 16.6 Å². The summed E-state index contributed by atoms with van der Waals surface area (Å²) in [6.45, 7) is 11.7. The zero-order valence-corrected chi connectivity index (χ0v) is 18.4. The summed E-state index contributed by atoms with van der Waals surface area (Å²) in [7, 11) is 0. The molecule has 4 heteroatoms. The molecule has 4 rings (SSSR count). The van der Waals surface area contributed by atoms with Crippen LogP contribution < -0.4 is 0 Å². The first-order valence-corrected chi connectivity index (χ1v) is 10.3. The maximum Gasteiger partial charge on any atom is 0.144 e. The van der Waals surface area contributed by atoms with E-state index in [0.717, 1.165) is 29.0 Å². The lowest BCUT2D eigenvalue weighted by molar-refractivity contribution is 0.590. The maximum atomic E-state index is 6.43. The summed E-state index contributed by atoms with van der Waals surface area (Å²) in [4.78, 5) is 9.20. The first kappa shape index (κ1) is 19.7. The van der Waals surface area contributed by atoms with Crippen molar-refractivity contribution in [2.24, 2.45) is 0 Å². The topological polar surface area (TPSA) is 30.7 Å². The molecule has 2 aromatic carbocycles. The SMILES string of the molecule is Cc1cc2nc(-c3cccnc3Cl)n(Cc3ccc(C(C)(C)C)cc3)c2cc1C. The number of halogens is 1. The van der Waals surface area contributed by atoms with Gasteiger partial charge in [-0.15, -0.1) is 0 Å². The van der Waals surface area contributed by atoms with Gasteiger partial charge in [0, 0.05) is 12.7 Å². The molecule has 2 heterocycles. The molecule has 0 aliphatic carbocycles. The number of hydrogen-bond donors (Lipinski definition) is 0. The molecule has 29 heavy (non-hydrogen) atoms. The molecule has 0 saturated heterocycles. The van der Waals surface area contributed by atoms with Crippen LogP contribution in [0.5, 0.6) is 0 Å². The van der Waals surface area contributed by atoms with Crippen LogP contribution in [0.2, 0.25) is 5.15 Å². The van der Waals surface area contributed by atoms with Crippen LogP contribution in [0.3, 0.4) is 0 Å². The van der Waals surface area contributed by atoms with Gasteiger partial charge in [-0.3, -0.25) is 0 Å². The van der Waals surface area contributed by atoms with E-state index in [-0.39, 0.29) is 5.41 Å². The average Bonchev–Trinajstić information content (AvgIpc) is 2.99. The number of hydrogen-bond acceptors (Lipinski definition) is 2. The minimum atomic E-state index is 0.142. The van der Waals surface area contributed by atoms with E-state index >= 15 is 0 Å². The summed E-state index contributed by atoms with van der Waals surface area (Å²) in [5, 5.41) is 0.473. The number of aromatic nitrogens is 3. The molecule has 2 aromatic heterocycles. The fourth-order valence-corrected chi connectivity index (χ4v) is 3.80. The number of fused-ring (bicyclic) bond motifs is 1. The van der Waals surface area contributed by atoms with E-state index in [1.165, 1.54) is 22.3 Å². The highest BCUT2D eigenvalue weighted by Crippen LogP contribution is 2.31. The molecule has 0 atom stereocenters. The van der Waals surface area contributed by atoms with Crippen molar-refractivity contribution >= 4 is 22.6 Å². The fourth-order valence-electron chi connectivity index (χ4n) is 3.59. The van der Waals surface area contributed by atoms with Crippen molar-refractivity contribution < 1.29 is 0 Å². The zero-order valence-electron chi connectivity index (χ0n) is 17.6. The Labute approximate surface area is 177 Å². The first-order chi connectivity index (χ1) is 13.7. The number of aryl methyl sites for hydroxylation is 2. The van der Waals surface area contributed by atoms with Crippen molar-refractivity contribution in [1.29, 1.82) is 0 Å². The lowest BCUT2D eigenvalue weighted by Gasteiger charge is -2.19. The Morgan fingerprint density at radius 3 is 2.31 bits per heavy atom. The summed E-state index contributed by atoms with van der Waals surface area (Å²) in [5.41, 5.74) is 8.15. The first-order valence-electron chi connectivity index (χ1n) is 9.92. The third-order valence-electron chi connectivity index (χ3n) is 5.52. The largest absolute Gasteiger partial charge is 0.319 e. The normalized spacial score (nSPS) is 11.9. The van der Waals surface area contributed by atoms with Gasteiger partial charge in [0.2, 0.25) is 0 Å². The third-order valence-corrected chi connectivity index (χ3v) is 5.83. The summed E-state index contributed by atoms with van der Waals surface area (Å²) in [6.07, 6.45) is 1.71. The lowest BCUT2D eigenvalue weighted by Crippen LogP contribution is -2.11. The Kier molecular flexibility index (Phi) is 4.95. The molecule has 4 aromatic rings. The Balaban J connectivity index is 1.86. The molecule has 0 amide bonds. The summed E-state index contributed by atoms with van der Waals surface area (Å²) >= 11 is 6.43. The van der Waals surface area contributed by atoms with Crippen molar-refractivity contribution in [3.05, 3.63) is 82.1 Å². The number of rotatable bonds is 3. The van der Waals surface area contributed by atoms with E-state index < -0.39 is 0 Å². The highest BCUT2D eigenvalue weighted by molar-refractivity contribution is 6.32. The minimum Gasteiger partial charge on any atom is -0.319 e. The predicted octanol–water partition coefficient (Wildman–Crippen LogP) is 6.71. The van der Waals surface area contributed by atoms with Gasteiger partial charge in [0.25, 0.3) is 0 Å². The number of imidazole rings is 1. The molecule has 0 fully saturated rings. The Morgan fingerprint density at radius 2 is 1.66 bits per heavy atom. The number of pyridine rings is 1. The van der Waals surface area contributed by atoms with Crippen LogP contribution in [-0.4, -0.2) is 14.5 Å². The summed E-state index contributed by atoms with van der Waals surface area (Å²) < 4.78 is 2.25. The Bertz CT molecular complexity index is 1180. The molecule has 0 aliphatic rings. The van der Waals surface area contributed by atoms with Crippen LogP contribution in [-0.2, 0) is 12.0 Å². The molecule has 0 N–H and O–H groups in total. The van der Waals surface area contributed by atoms with E-state index in [0.29, 0.717) is 5.15 Å². The summed E-state index contributed by atoms with van der Waals surface area (Å²) in [6, 6.07) is 17.1. The van der Waals surface area contributed by atoms with Gasteiger partial charge in [-0.05, 0) is 65.8 Å². The second-order valence-corrected chi connectivity index (χ2v) is 9.09. The molecule has 0 radical (unpaired) electrons. The molecule has 148 valence electrons. The van der Waals surface area contributed by atoms with Crippen LogP contribution in [0, 0.1) is 13.8 Å². The van der Waals surface area contributed by atoms with Crippen LogP contribution in [0.1, 0.15) is 43.0 Å². The van der Waals surface area contributed by atoms with Crippen molar-refractivity contribution in [3.63, 3.8) is 0 Å². The smallest absolute Gasteiger partial charge is 0.144 e. The van der Waals surface area contributed by atoms with E-state index in [4.69, 9.17) is 16.6 Å². The number of nitrogens with zero attached hydrogens (tertiary/aromatic N) is 3. The van der Waals surface area contributed by atoms with Gasteiger partial charge in [-0.1, -0.05) is 56.6 Å². The monoisotopic (exact) mass is 403 g/mol. The molecule has 3 nitrogen and oxygen atoms in total. The van der Waals surface area contributed by atoms with Crippen LogP contribution >= 0.6 is 11.6 Å². The lowest BCUT2D eigenvalue weighted by atomic mass is 9.87. The van der Waals surface area contributed by atoms with Gasteiger partial charge in [0.1, 0.15) is 11.0 Å². The second-order valence-electron chi connectivity index (χ2n) is 8.74. The van der Waals surface area contributed by atoms with Crippen molar-refractivity contribution in [3.8, 4) is 11.4 Å². The Hall–Kier alpha value is -2.65. The van der Waals surface area contributed by atoms with Gasteiger partial charge in [0.15, 0.2) is 0 Å². The highest BCUT2D eigenvalue weighted by atomic mass is 35.5. The van der Waals surface area contributed by atoms with E-state index in [1.807, 2.05) is 12.1 Å². The van der Waals surface area contributed by atoms with Gasteiger partial charge < -0.3 is 4.57 Å². The standard InChI is InChI=1S/C25H26ClN3/c1-16-13-21-22(14-17(16)2)29(24(28-21)20-7-6-12-27-23(20)26)15-18-8-10-19(11-9-18)25(3,4)5/h6-14H,15H2,1-5H3. The van der Waals surface area contributed by atoms with E-state index in [9.17, 15) is 0 Å². The highest BCUT2D eigenvalue weighted by Gasteiger charge is 2.18. The van der Waals surface area contributed by atoms with Crippen LogP contribution in [0.15, 0.2) is 54.7 Å². The van der Waals surface area contributed by atoms with Gasteiger partial charge >= 0.3 is 0 Å². The van der Waals surface area contributed by atoms with Crippen molar-refractivity contribution in [1.82, 2.24) is 14.5 Å². The van der Waals surface area contributed by atoms with Crippen LogP contribution in [0.25, 0.3) is 22.4 Å². The van der Waals surface area contributed by atoms with Gasteiger partial charge in [-0.25, -0.2) is 9.97 Å². The average molecular weight is 404 g/mol. The quantitative estimate of drug-likeness (QED) is 0.355. The predicted molar refractivity (Wildman–Crippen MR) is 122 cm³/mol. The number of benzene rings is 2. The fraction of sp³-hybridized carbons (Fsp3) is 0.280. The molecule has 0 spiro atoms. The molecular formula is C25H26ClN3. The van der Waals surface area contributed by atoms with E-state index in [2.05, 4.69) is 80.6 Å². The molecule has 0 saturated carbocycles. The Morgan fingerprint density at radius 1 is 0.966 bits per heavy atom. The summed E-state index contributed by atoms with van der Waals surface area (Å²) in [5.74, 6) is 0.850. The molecular weight excluding hydrogens is 378 g/mol.